The summed E-state index contributed by atoms with van der Waals surface area (Å²) < 4.78 is 0. The van der Waals surface area contributed by atoms with Gasteiger partial charge in [0.1, 0.15) is 0 Å². The summed E-state index contributed by atoms with van der Waals surface area (Å²) in [4.78, 5) is 17.1. The fourth-order valence-corrected chi connectivity index (χ4v) is 2.52. The molecule has 0 aliphatic heterocycles. The van der Waals surface area contributed by atoms with Crippen LogP contribution in [0.3, 0.4) is 0 Å². The zero-order valence-corrected chi connectivity index (χ0v) is 13.8. The van der Waals surface area contributed by atoms with Crippen LogP contribution in [0.1, 0.15) is 27.2 Å². The number of aromatic nitrogens is 1. The standard InChI is InChI=1S/C17H24N4O2/c1-17(2,3)21(16(22)23)10-6-9-19-15-12-7-4-5-8-14(12)20-11-13(15)18/h4-5,7-8,11H,6,9-10,18H2,1-3H3,(H,19,20)(H,22,23). The number of anilines is 2. The lowest BCUT2D eigenvalue weighted by Crippen LogP contribution is -2.45. The summed E-state index contributed by atoms with van der Waals surface area (Å²) in [6, 6.07) is 7.79. The molecule has 0 spiro atoms. The van der Waals surface area contributed by atoms with Gasteiger partial charge in [0.25, 0.3) is 0 Å². The van der Waals surface area contributed by atoms with Gasteiger partial charge in [-0.05, 0) is 33.3 Å². The van der Waals surface area contributed by atoms with Crippen molar-refractivity contribution in [2.45, 2.75) is 32.7 Å². The summed E-state index contributed by atoms with van der Waals surface area (Å²) in [6.45, 7) is 6.78. The third-order valence-corrected chi connectivity index (χ3v) is 3.71. The molecule has 4 N–H and O–H groups in total. The molecule has 6 nitrogen and oxygen atoms in total. The van der Waals surface area contributed by atoms with Crippen molar-refractivity contribution in [2.75, 3.05) is 24.1 Å². The number of amides is 1. The maximum absolute atomic E-state index is 11.3. The molecular weight excluding hydrogens is 292 g/mol. The molecule has 0 fully saturated rings. The highest BCUT2D eigenvalue weighted by Crippen LogP contribution is 2.27. The molecule has 1 heterocycles. The quantitative estimate of drug-likeness (QED) is 0.735. The van der Waals surface area contributed by atoms with E-state index >= 15 is 0 Å². The van der Waals surface area contributed by atoms with Crippen LogP contribution >= 0.6 is 0 Å². The van der Waals surface area contributed by atoms with E-state index in [1.54, 1.807) is 6.20 Å². The maximum atomic E-state index is 11.3. The Kier molecular flexibility index (Phi) is 4.93. The summed E-state index contributed by atoms with van der Waals surface area (Å²) in [6.07, 6.45) is 1.44. The lowest BCUT2D eigenvalue weighted by molar-refractivity contribution is 0.100. The molecule has 124 valence electrons. The number of nitrogens with zero attached hydrogens (tertiary/aromatic N) is 2. The van der Waals surface area contributed by atoms with Gasteiger partial charge in [0, 0.05) is 24.0 Å². The molecule has 0 aliphatic rings. The summed E-state index contributed by atoms with van der Waals surface area (Å²) in [7, 11) is 0. The molecule has 0 bridgehead atoms. The number of carboxylic acid groups (broad SMARTS) is 1. The molecule has 23 heavy (non-hydrogen) atoms. The van der Waals surface area contributed by atoms with Crippen LogP contribution in [-0.4, -0.2) is 39.7 Å². The van der Waals surface area contributed by atoms with Crippen molar-refractivity contribution in [1.82, 2.24) is 9.88 Å². The predicted octanol–water partition coefficient (Wildman–Crippen LogP) is 3.40. The summed E-state index contributed by atoms with van der Waals surface area (Å²) in [5, 5.41) is 13.6. The largest absolute Gasteiger partial charge is 0.465 e. The smallest absolute Gasteiger partial charge is 0.407 e. The number of hydrogen-bond donors (Lipinski definition) is 3. The van der Waals surface area contributed by atoms with Gasteiger partial charge in [-0.2, -0.15) is 0 Å². The zero-order valence-electron chi connectivity index (χ0n) is 13.8. The van der Waals surface area contributed by atoms with Gasteiger partial charge in [0.2, 0.25) is 0 Å². The monoisotopic (exact) mass is 316 g/mol. The Labute approximate surface area is 136 Å². The van der Waals surface area contributed by atoms with Gasteiger partial charge in [-0.25, -0.2) is 4.79 Å². The Bertz CT molecular complexity index is 695. The van der Waals surface area contributed by atoms with Gasteiger partial charge in [-0.1, -0.05) is 18.2 Å². The fraction of sp³-hybridized carbons (Fsp3) is 0.412. The van der Waals surface area contributed by atoms with Crippen LogP contribution in [0.5, 0.6) is 0 Å². The lowest BCUT2D eigenvalue weighted by atomic mass is 10.1. The Balaban J connectivity index is 2.02. The predicted molar refractivity (Wildman–Crippen MR) is 93.7 cm³/mol. The average Bonchev–Trinajstić information content (AvgIpc) is 2.47. The minimum absolute atomic E-state index is 0.409. The molecule has 2 rings (SSSR count). The molecule has 2 aromatic rings. The number of para-hydroxylation sites is 1. The van der Waals surface area contributed by atoms with E-state index in [0.29, 0.717) is 25.2 Å². The first-order valence-corrected chi connectivity index (χ1v) is 7.68. The van der Waals surface area contributed by atoms with Crippen molar-refractivity contribution < 1.29 is 9.90 Å². The molecule has 0 aliphatic carbocycles. The molecule has 0 atom stereocenters. The van der Waals surface area contributed by atoms with Gasteiger partial charge in [0.15, 0.2) is 0 Å². The molecule has 0 saturated heterocycles. The minimum Gasteiger partial charge on any atom is -0.465 e. The highest BCUT2D eigenvalue weighted by Gasteiger charge is 2.25. The van der Waals surface area contributed by atoms with E-state index < -0.39 is 11.6 Å². The Morgan fingerprint density at radius 3 is 2.70 bits per heavy atom. The van der Waals surface area contributed by atoms with Crippen LogP contribution in [0.2, 0.25) is 0 Å². The van der Waals surface area contributed by atoms with Gasteiger partial charge < -0.3 is 21.1 Å². The van der Waals surface area contributed by atoms with Crippen LogP contribution in [0.4, 0.5) is 16.2 Å². The van der Waals surface area contributed by atoms with E-state index in [0.717, 1.165) is 16.6 Å². The van der Waals surface area contributed by atoms with Crippen LogP contribution in [-0.2, 0) is 0 Å². The van der Waals surface area contributed by atoms with Crippen molar-refractivity contribution in [1.29, 1.82) is 0 Å². The third kappa shape index (κ3) is 4.03. The molecule has 0 saturated carbocycles. The molecule has 1 aromatic heterocycles. The van der Waals surface area contributed by atoms with Crippen LogP contribution < -0.4 is 11.1 Å². The first kappa shape index (κ1) is 16.9. The number of pyridine rings is 1. The number of benzene rings is 1. The van der Waals surface area contributed by atoms with E-state index in [2.05, 4.69) is 10.3 Å². The van der Waals surface area contributed by atoms with E-state index in [-0.39, 0.29) is 0 Å². The molecule has 6 heteroatoms. The number of fused-ring (bicyclic) bond motifs is 1. The number of carbonyl (C=O) groups is 1. The number of nitrogen functional groups attached to an aromatic ring is 1. The lowest BCUT2D eigenvalue weighted by Gasteiger charge is -2.33. The number of hydrogen-bond acceptors (Lipinski definition) is 4. The molecule has 0 unspecified atom stereocenters. The molecule has 1 aromatic carbocycles. The fourth-order valence-electron chi connectivity index (χ4n) is 2.52. The highest BCUT2D eigenvalue weighted by atomic mass is 16.4. The maximum Gasteiger partial charge on any atom is 0.407 e. The van der Waals surface area contributed by atoms with Crippen LogP contribution in [0.15, 0.2) is 30.5 Å². The molecule has 1 amide bonds. The van der Waals surface area contributed by atoms with Crippen molar-refractivity contribution in [2.24, 2.45) is 0 Å². The Hall–Kier alpha value is -2.50. The first-order valence-electron chi connectivity index (χ1n) is 7.68. The second-order valence-corrected chi connectivity index (χ2v) is 6.49. The third-order valence-electron chi connectivity index (χ3n) is 3.71. The van der Waals surface area contributed by atoms with Crippen molar-refractivity contribution in [3.63, 3.8) is 0 Å². The van der Waals surface area contributed by atoms with Gasteiger partial charge in [-0.15, -0.1) is 0 Å². The second-order valence-electron chi connectivity index (χ2n) is 6.49. The summed E-state index contributed by atoms with van der Waals surface area (Å²) >= 11 is 0. The Morgan fingerprint density at radius 2 is 2.04 bits per heavy atom. The van der Waals surface area contributed by atoms with E-state index in [9.17, 15) is 9.90 Å². The first-order chi connectivity index (χ1) is 10.8. The number of nitrogens with two attached hydrogens (primary N) is 1. The summed E-state index contributed by atoms with van der Waals surface area (Å²) in [5.74, 6) is 0. The van der Waals surface area contributed by atoms with Crippen molar-refractivity contribution >= 4 is 28.4 Å². The summed E-state index contributed by atoms with van der Waals surface area (Å²) in [5.41, 5.74) is 7.94. The van der Waals surface area contributed by atoms with Gasteiger partial charge >= 0.3 is 6.09 Å². The van der Waals surface area contributed by atoms with Gasteiger partial charge in [-0.3, -0.25) is 4.98 Å². The minimum atomic E-state index is -0.897. The van der Waals surface area contributed by atoms with Gasteiger partial charge in [0.05, 0.1) is 23.1 Å². The van der Waals surface area contributed by atoms with Crippen LogP contribution in [0, 0.1) is 0 Å². The SMILES string of the molecule is CC(C)(C)N(CCCNc1c(N)cnc2ccccc12)C(=O)O. The topological polar surface area (TPSA) is 91.5 Å². The number of nitrogens with one attached hydrogen (secondary N) is 1. The van der Waals surface area contributed by atoms with E-state index in [1.165, 1.54) is 4.90 Å². The number of rotatable bonds is 5. The van der Waals surface area contributed by atoms with Crippen molar-refractivity contribution in [3.05, 3.63) is 30.5 Å². The average molecular weight is 316 g/mol. The van der Waals surface area contributed by atoms with Crippen LogP contribution in [0.25, 0.3) is 10.9 Å². The second kappa shape index (κ2) is 6.73. The zero-order chi connectivity index (χ0) is 17.0. The van der Waals surface area contributed by atoms with Crippen molar-refractivity contribution in [3.8, 4) is 0 Å². The molecule has 0 radical (unpaired) electrons. The molecular formula is C17H24N4O2. The highest BCUT2D eigenvalue weighted by molar-refractivity contribution is 5.96. The van der Waals surface area contributed by atoms with E-state index in [1.807, 2.05) is 45.0 Å². The Morgan fingerprint density at radius 1 is 1.35 bits per heavy atom. The normalized spacial score (nSPS) is 11.4. The van der Waals surface area contributed by atoms with E-state index in [4.69, 9.17) is 5.73 Å².